The molecule has 1 aromatic heterocycles. The molecule has 5 heteroatoms. The molecular weight excluding hydrogens is 302 g/mol. The molecule has 1 atom stereocenters. The first kappa shape index (κ1) is 16.3. The molecule has 24 heavy (non-hydrogen) atoms. The van der Waals surface area contributed by atoms with Crippen LogP contribution in [-0.4, -0.2) is 31.3 Å². The first-order valence-corrected chi connectivity index (χ1v) is 8.15. The SMILES string of the molecule is COc1cccc(CN(CC2CCCO2)c2cccc(C#N)n2)c1. The third kappa shape index (κ3) is 4.03. The average Bonchev–Trinajstić information content (AvgIpc) is 3.14. The topological polar surface area (TPSA) is 58.4 Å². The number of ether oxygens (including phenoxy) is 2. The molecule has 0 spiro atoms. The van der Waals surface area contributed by atoms with Crippen molar-refractivity contribution in [2.24, 2.45) is 0 Å². The van der Waals surface area contributed by atoms with Gasteiger partial charge in [-0.3, -0.25) is 0 Å². The molecular formula is C19H21N3O2. The number of nitriles is 1. The van der Waals surface area contributed by atoms with Crippen LogP contribution in [0.25, 0.3) is 0 Å². The van der Waals surface area contributed by atoms with Crippen LogP contribution in [0.1, 0.15) is 24.1 Å². The van der Waals surface area contributed by atoms with E-state index in [0.717, 1.165) is 43.1 Å². The molecule has 1 unspecified atom stereocenters. The molecule has 0 N–H and O–H groups in total. The summed E-state index contributed by atoms with van der Waals surface area (Å²) in [5.41, 5.74) is 1.56. The van der Waals surface area contributed by atoms with E-state index in [4.69, 9.17) is 14.7 Å². The highest BCUT2D eigenvalue weighted by atomic mass is 16.5. The molecule has 0 aliphatic carbocycles. The van der Waals surface area contributed by atoms with Crippen LogP contribution in [0.2, 0.25) is 0 Å². The Morgan fingerprint density at radius 2 is 2.21 bits per heavy atom. The maximum absolute atomic E-state index is 9.11. The van der Waals surface area contributed by atoms with Crippen LogP contribution < -0.4 is 9.64 Å². The van der Waals surface area contributed by atoms with E-state index < -0.39 is 0 Å². The number of hydrogen-bond donors (Lipinski definition) is 0. The molecule has 0 radical (unpaired) electrons. The highest BCUT2D eigenvalue weighted by molar-refractivity contribution is 5.43. The van der Waals surface area contributed by atoms with Gasteiger partial charge >= 0.3 is 0 Å². The van der Waals surface area contributed by atoms with E-state index in [2.05, 4.69) is 22.0 Å². The minimum Gasteiger partial charge on any atom is -0.497 e. The van der Waals surface area contributed by atoms with Gasteiger partial charge in [-0.25, -0.2) is 4.98 Å². The summed E-state index contributed by atoms with van der Waals surface area (Å²) in [5.74, 6) is 1.63. The third-order valence-corrected chi connectivity index (χ3v) is 4.13. The number of pyridine rings is 1. The fraction of sp³-hybridized carbons (Fsp3) is 0.368. The van der Waals surface area contributed by atoms with Gasteiger partial charge in [0.25, 0.3) is 0 Å². The molecule has 0 saturated carbocycles. The van der Waals surface area contributed by atoms with Gasteiger partial charge < -0.3 is 14.4 Å². The van der Waals surface area contributed by atoms with Crippen LogP contribution in [0, 0.1) is 11.3 Å². The Balaban J connectivity index is 1.84. The van der Waals surface area contributed by atoms with Crippen molar-refractivity contribution < 1.29 is 9.47 Å². The smallest absolute Gasteiger partial charge is 0.142 e. The fourth-order valence-corrected chi connectivity index (χ4v) is 2.93. The number of aromatic nitrogens is 1. The predicted octanol–water partition coefficient (Wildman–Crippen LogP) is 3.15. The lowest BCUT2D eigenvalue weighted by atomic mass is 10.1. The molecule has 3 rings (SSSR count). The summed E-state index contributed by atoms with van der Waals surface area (Å²) in [7, 11) is 1.67. The Bertz CT molecular complexity index is 721. The second-order valence-corrected chi connectivity index (χ2v) is 5.86. The molecule has 1 aliphatic heterocycles. The minimum absolute atomic E-state index is 0.211. The summed E-state index contributed by atoms with van der Waals surface area (Å²) in [4.78, 5) is 6.62. The van der Waals surface area contributed by atoms with Crippen LogP contribution in [0.15, 0.2) is 42.5 Å². The standard InChI is InChI=1S/C19H21N3O2/c1-23-17-7-2-5-15(11-17)13-22(14-18-8-4-10-24-18)19-9-3-6-16(12-20)21-19/h2-3,5-7,9,11,18H,4,8,10,13-14H2,1H3. The third-order valence-electron chi connectivity index (χ3n) is 4.13. The van der Waals surface area contributed by atoms with Crippen LogP contribution in [0.5, 0.6) is 5.75 Å². The summed E-state index contributed by atoms with van der Waals surface area (Å²) in [5, 5.41) is 9.11. The first-order chi connectivity index (χ1) is 11.8. The average molecular weight is 323 g/mol. The molecule has 0 bridgehead atoms. The normalized spacial score (nSPS) is 16.6. The Hall–Kier alpha value is -2.58. The van der Waals surface area contributed by atoms with Gasteiger partial charge in [0.15, 0.2) is 0 Å². The summed E-state index contributed by atoms with van der Waals surface area (Å²) in [6.07, 6.45) is 2.37. The van der Waals surface area contributed by atoms with Gasteiger partial charge in [0.05, 0.1) is 13.2 Å². The largest absolute Gasteiger partial charge is 0.497 e. The minimum atomic E-state index is 0.211. The number of anilines is 1. The monoisotopic (exact) mass is 323 g/mol. The zero-order valence-corrected chi connectivity index (χ0v) is 13.8. The lowest BCUT2D eigenvalue weighted by molar-refractivity contribution is 0.115. The molecule has 1 aromatic carbocycles. The van der Waals surface area contributed by atoms with Crippen molar-refractivity contribution in [3.8, 4) is 11.8 Å². The van der Waals surface area contributed by atoms with Crippen molar-refractivity contribution in [2.45, 2.75) is 25.5 Å². The Morgan fingerprint density at radius 1 is 1.33 bits per heavy atom. The van der Waals surface area contributed by atoms with Crippen molar-refractivity contribution in [2.75, 3.05) is 25.2 Å². The predicted molar refractivity (Wildman–Crippen MR) is 92.0 cm³/mol. The maximum Gasteiger partial charge on any atom is 0.142 e. The van der Waals surface area contributed by atoms with Crippen LogP contribution >= 0.6 is 0 Å². The van der Waals surface area contributed by atoms with Crippen LogP contribution in [-0.2, 0) is 11.3 Å². The van der Waals surface area contributed by atoms with Crippen LogP contribution in [0.4, 0.5) is 5.82 Å². The van der Waals surface area contributed by atoms with Gasteiger partial charge in [-0.1, -0.05) is 18.2 Å². The van der Waals surface area contributed by atoms with Gasteiger partial charge in [0, 0.05) is 19.7 Å². The van der Waals surface area contributed by atoms with E-state index in [1.54, 1.807) is 13.2 Å². The molecule has 124 valence electrons. The summed E-state index contributed by atoms with van der Waals surface area (Å²) in [6, 6.07) is 15.7. The van der Waals surface area contributed by atoms with E-state index in [1.807, 2.05) is 30.3 Å². The lowest BCUT2D eigenvalue weighted by Crippen LogP contribution is -2.32. The number of hydrogen-bond acceptors (Lipinski definition) is 5. The van der Waals surface area contributed by atoms with Gasteiger partial charge in [-0.05, 0) is 42.7 Å². The zero-order chi connectivity index (χ0) is 16.8. The first-order valence-electron chi connectivity index (χ1n) is 8.15. The summed E-state index contributed by atoms with van der Waals surface area (Å²) < 4.78 is 11.1. The molecule has 0 amide bonds. The Morgan fingerprint density at radius 3 is 2.96 bits per heavy atom. The van der Waals surface area contributed by atoms with E-state index in [9.17, 15) is 0 Å². The lowest BCUT2D eigenvalue weighted by Gasteiger charge is -2.26. The van der Waals surface area contributed by atoms with Gasteiger partial charge in [-0.15, -0.1) is 0 Å². The van der Waals surface area contributed by atoms with Crippen molar-refractivity contribution in [1.82, 2.24) is 4.98 Å². The van der Waals surface area contributed by atoms with Crippen molar-refractivity contribution >= 4 is 5.82 Å². The molecule has 2 heterocycles. The van der Waals surface area contributed by atoms with Gasteiger partial charge in [0.2, 0.25) is 0 Å². The zero-order valence-electron chi connectivity index (χ0n) is 13.8. The van der Waals surface area contributed by atoms with Gasteiger partial charge in [0.1, 0.15) is 23.3 Å². The highest BCUT2D eigenvalue weighted by Gasteiger charge is 2.20. The number of nitrogens with zero attached hydrogens (tertiary/aromatic N) is 3. The number of rotatable bonds is 6. The van der Waals surface area contributed by atoms with E-state index in [0.29, 0.717) is 12.2 Å². The van der Waals surface area contributed by atoms with Crippen molar-refractivity contribution in [3.05, 3.63) is 53.7 Å². The van der Waals surface area contributed by atoms with E-state index in [-0.39, 0.29) is 6.10 Å². The molecule has 2 aromatic rings. The Labute approximate surface area is 142 Å². The highest BCUT2D eigenvalue weighted by Crippen LogP contribution is 2.22. The van der Waals surface area contributed by atoms with Crippen LogP contribution in [0.3, 0.4) is 0 Å². The van der Waals surface area contributed by atoms with Crippen molar-refractivity contribution in [1.29, 1.82) is 5.26 Å². The van der Waals surface area contributed by atoms with Crippen molar-refractivity contribution in [3.63, 3.8) is 0 Å². The van der Waals surface area contributed by atoms with E-state index in [1.165, 1.54) is 0 Å². The second kappa shape index (κ2) is 7.80. The molecule has 5 nitrogen and oxygen atoms in total. The molecule has 1 saturated heterocycles. The molecule has 1 aliphatic rings. The van der Waals surface area contributed by atoms with E-state index >= 15 is 0 Å². The number of methoxy groups -OCH3 is 1. The Kier molecular flexibility index (Phi) is 5.29. The second-order valence-electron chi connectivity index (χ2n) is 5.86. The molecule has 1 fully saturated rings. The summed E-state index contributed by atoms with van der Waals surface area (Å²) in [6.45, 7) is 2.28. The summed E-state index contributed by atoms with van der Waals surface area (Å²) >= 11 is 0. The number of benzene rings is 1. The van der Waals surface area contributed by atoms with Gasteiger partial charge in [-0.2, -0.15) is 5.26 Å². The fourth-order valence-electron chi connectivity index (χ4n) is 2.93. The maximum atomic E-state index is 9.11. The quantitative estimate of drug-likeness (QED) is 0.817.